The van der Waals surface area contributed by atoms with Gasteiger partial charge in [0.25, 0.3) is 0 Å². The Hall–Kier alpha value is -1.22. The van der Waals surface area contributed by atoms with Crippen LogP contribution in [0.3, 0.4) is 0 Å². The fraction of sp³-hybridized carbons (Fsp3) is 0.400. The largest absolute Gasteiger partial charge is 0.399 e. The van der Waals surface area contributed by atoms with Crippen molar-refractivity contribution in [3.8, 4) is 0 Å². The minimum absolute atomic E-state index is 0.812. The number of benzene rings is 1. The molecule has 0 radical (unpaired) electrons. The summed E-state index contributed by atoms with van der Waals surface area (Å²) < 4.78 is 0. The summed E-state index contributed by atoms with van der Waals surface area (Å²) in [4.78, 5) is 0. The molecule has 3 N–H and O–H groups in total. The second kappa shape index (κ2) is 3.66. The molecule has 1 fully saturated rings. The molecule has 0 spiro atoms. The minimum Gasteiger partial charge on any atom is -0.399 e. The van der Waals surface area contributed by atoms with E-state index in [2.05, 4.69) is 10.4 Å². The van der Waals surface area contributed by atoms with Crippen LogP contribution in [0.25, 0.3) is 0 Å². The molecule has 1 saturated heterocycles. The van der Waals surface area contributed by atoms with Gasteiger partial charge in [-0.1, -0.05) is 0 Å². The van der Waals surface area contributed by atoms with Crippen molar-refractivity contribution < 1.29 is 0 Å². The van der Waals surface area contributed by atoms with Gasteiger partial charge in [0.2, 0.25) is 0 Å². The molecule has 3 nitrogen and oxygen atoms in total. The van der Waals surface area contributed by atoms with Gasteiger partial charge in [0.05, 0.1) is 0 Å². The van der Waals surface area contributed by atoms with Crippen molar-refractivity contribution in [2.45, 2.75) is 12.8 Å². The monoisotopic (exact) mass is 177 g/mol. The fourth-order valence-electron chi connectivity index (χ4n) is 1.57. The van der Waals surface area contributed by atoms with Crippen molar-refractivity contribution in [2.75, 3.05) is 24.2 Å². The van der Waals surface area contributed by atoms with E-state index in [1.807, 2.05) is 24.3 Å². The lowest BCUT2D eigenvalue weighted by atomic mass is 10.3. The van der Waals surface area contributed by atoms with Crippen LogP contribution in [0.4, 0.5) is 11.4 Å². The van der Waals surface area contributed by atoms with Crippen molar-refractivity contribution in [1.29, 1.82) is 0 Å². The standard InChI is InChI=1S/C10H15N3/c11-9-3-5-10(6-4-9)12-13-7-1-2-8-13/h3-6,12H,1-2,7-8,11H2. The Morgan fingerprint density at radius 1 is 1.08 bits per heavy atom. The second-order valence-corrected chi connectivity index (χ2v) is 3.43. The molecule has 70 valence electrons. The van der Waals surface area contributed by atoms with E-state index in [9.17, 15) is 0 Å². The van der Waals surface area contributed by atoms with Gasteiger partial charge in [0.1, 0.15) is 0 Å². The number of nitrogens with zero attached hydrogens (tertiary/aromatic N) is 1. The summed E-state index contributed by atoms with van der Waals surface area (Å²) >= 11 is 0. The lowest BCUT2D eigenvalue weighted by molar-refractivity contribution is 0.410. The zero-order chi connectivity index (χ0) is 9.10. The van der Waals surface area contributed by atoms with Crippen LogP contribution in [0.15, 0.2) is 24.3 Å². The maximum Gasteiger partial charge on any atom is 0.0491 e. The van der Waals surface area contributed by atoms with Crippen molar-refractivity contribution in [3.63, 3.8) is 0 Å². The summed E-state index contributed by atoms with van der Waals surface area (Å²) in [6.07, 6.45) is 2.59. The molecule has 0 atom stereocenters. The average Bonchev–Trinajstić information content (AvgIpc) is 2.62. The zero-order valence-corrected chi connectivity index (χ0v) is 7.66. The fourth-order valence-corrected chi connectivity index (χ4v) is 1.57. The highest BCUT2D eigenvalue weighted by Crippen LogP contribution is 2.14. The predicted octanol–water partition coefficient (Wildman–Crippen LogP) is 1.69. The SMILES string of the molecule is Nc1ccc(NN2CCCC2)cc1. The van der Waals surface area contributed by atoms with Gasteiger partial charge in [-0.25, -0.2) is 5.01 Å². The first-order valence-corrected chi connectivity index (χ1v) is 4.72. The van der Waals surface area contributed by atoms with Crippen LogP contribution < -0.4 is 11.2 Å². The van der Waals surface area contributed by atoms with Gasteiger partial charge in [0.15, 0.2) is 0 Å². The first-order chi connectivity index (χ1) is 6.34. The Kier molecular flexibility index (Phi) is 2.36. The Morgan fingerprint density at radius 3 is 2.31 bits per heavy atom. The molecule has 1 aromatic carbocycles. The summed E-state index contributed by atoms with van der Waals surface area (Å²) in [7, 11) is 0. The Bertz CT molecular complexity index is 262. The molecule has 0 aromatic heterocycles. The van der Waals surface area contributed by atoms with Crippen LogP contribution in [0.2, 0.25) is 0 Å². The number of hydrogen-bond acceptors (Lipinski definition) is 3. The Labute approximate surface area is 78.5 Å². The lowest BCUT2D eigenvalue weighted by Crippen LogP contribution is -2.25. The highest BCUT2D eigenvalue weighted by Gasteiger charge is 2.10. The van der Waals surface area contributed by atoms with Crippen LogP contribution in [-0.4, -0.2) is 18.1 Å². The maximum absolute atomic E-state index is 5.59. The Balaban J connectivity index is 1.97. The molecular formula is C10H15N3. The third-order valence-electron chi connectivity index (χ3n) is 2.30. The number of hydrazine groups is 1. The highest BCUT2D eigenvalue weighted by molar-refractivity contribution is 5.50. The van der Waals surface area contributed by atoms with Crippen LogP contribution >= 0.6 is 0 Å². The van der Waals surface area contributed by atoms with E-state index in [0.717, 1.165) is 24.5 Å². The van der Waals surface area contributed by atoms with Gasteiger partial charge < -0.3 is 11.2 Å². The van der Waals surface area contributed by atoms with Crippen molar-refractivity contribution >= 4 is 11.4 Å². The van der Waals surface area contributed by atoms with Crippen LogP contribution in [0.5, 0.6) is 0 Å². The smallest absolute Gasteiger partial charge is 0.0491 e. The van der Waals surface area contributed by atoms with Crippen molar-refractivity contribution in [2.24, 2.45) is 0 Å². The molecule has 1 aliphatic rings. The van der Waals surface area contributed by atoms with E-state index in [-0.39, 0.29) is 0 Å². The number of anilines is 2. The third kappa shape index (κ3) is 2.12. The molecule has 1 aliphatic heterocycles. The zero-order valence-electron chi connectivity index (χ0n) is 7.66. The lowest BCUT2D eigenvalue weighted by Gasteiger charge is -2.17. The molecule has 0 bridgehead atoms. The molecule has 3 heteroatoms. The molecule has 13 heavy (non-hydrogen) atoms. The predicted molar refractivity (Wildman–Crippen MR) is 55.3 cm³/mol. The van der Waals surface area contributed by atoms with Gasteiger partial charge in [-0.3, -0.25) is 0 Å². The molecule has 0 amide bonds. The van der Waals surface area contributed by atoms with Gasteiger partial charge >= 0.3 is 0 Å². The summed E-state index contributed by atoms with van der Waals surface area (Å²) in [6.45, 7) is 2.29. The third-order valence-corrected chi connectivity index (χ3v) is 2.30. The van der Waals surface area contributed by atoms with Gasteiger partial charge in [-0.2, -0.15) is 0 Å². The first kappa shape index (κ1) is 8.38. The van der Waals surface area contributed by atoms with E-state index in [1.54, 1.807) is 0 Å². The van der Waals surface area contributed by atoms with E-state index in [4.69, 9.17) is 5.73 Å². The summed E-state index contributed by atoms with van der Waals surface area (Å²) in [5.41, 5.74) is 10.9. The number of hydrogen-bond donors (Lipinski definition) is 2. The number of nitrogens with one attached hydrogen (secondary N) is 1. The van der Waals surface area contributed by atoms with E-state index in [0.29, 0.717) is 0 Å². The second-order valence-electron chi connectivity index (χ2n) is 3.43. The first-order valence-electron chi connectivity index (χ1n) is 4.72. The molecule has 1 heterocycles. The van der Waals surface area contributed by atoms with Crippen LogP contribution in [0, 0.1) is 0 Å². The van der Waals surface area contributed by atoms with Gasteiger partial charge in [0, 0.05) is 24.5 Å². The van der Waals surface area contributed by atoms with Crippen LogP contribution in [-0.2, 0) is 0 Å². The average molecular weight is 177 g/mol. The molecule has 0 aliphatic carbocycles. The summed E-state index contributed by atoms with van der Waals surface area (Å²) in [5, 5.41) is 2.24. The molecule has 1 aromatic rings. The minimum atomic E-state index is 0.812. The van der Waals surface area contributed by atoms with E-state index in [1.165, 1.54) is 12.8 Å². The number of nitrogen functional groups attached to an aromatic ring is 1. The number of rotatable bonds is 2. The summed E-state index contributed by atoms with van der Waals surface area (Å²) in [5.74, 6) is 0. The normalized spacial score (nSPS) is 17.5. The van der Waals surface area contributed by atoms with Crippen molar-refractivity contribution in [1.82, 2.24) is 5.01 Å². The molecule has 0 unspecified atom stereocenters. The van der Waals surface area contributed by atoms with Gasteiger partial charge in [-0.15, -0.1) is 0 Å². The highest BCUT2D eigenvalue weighted by atomic mass is 15.5. The Morgan fingerprint density at radius 2 is 1.69 bits per heavy atom. The van der Waals surface area contributed by atoms with Gasteiger partial charge in [-0.05, 0) is 37.1 Å². The summed E-state index contributed by atoms with van der Waals surface area (Å²) in [6, 6.07) is 7.85. The van der Waals surface area contributed by atoms with Crippen molar-refractivity contribution in [3.05, 3.63) is 24.3 Å². The topological polar surface area (TPSA) is 41.3 Å². The molecular weight excluding hydrogens is 162 g/mol. The molecule has 2 rings (SSSR count). The van der Waals surface area contributed by atoms with E-state index < -0.39 is 0 Å². The quantitative estimate of drug-likeness (QED) is 0.675. The maximum atomic E-state index is 5.59. The van der Waals surface area contributed by atoms with E-state index >= 15 is 0 Å². The molecule has 0 saturated carbocycles. The number of nitrogens with two attached hydrogens (primary N) is 1. The van der Waals surface area contributed by atoms with Crippen LogP contribution in [0.1, 0.15) is 12.8 Å².